The predicted molar refractivity (Wildman–Crippen MR) is 78.3 cm³/mol. The van der Waals surface area contributed by atoms with Crippen molar-refractivity contribution in [2.45, 2.75) is 9.79 Å². The van der Waals surface area contributed by atoms with Gasteiger partial charge in [-0.2, -0.15) is 0 Å². The Morgan fingerprint density at radius 1 is 1.20 bits per heavy atom. The van der Waals surface area contributed by atoms with Gasteiger partial charge in [0.2, 0.25) is 0 Å². The van der Waals surface area contributed by atoms with Crippen molar-refractivity contribution in [2.75, 3.05) is 0 Å². The zero-order chi connectivity index (χ0) is 14.7. The first-order chi connectivity index (χ1) is 9.50. The Bertz CT molecular complexity index is 658. The molecule has 0 saturated carbocycles. The maximum atomic E-state index is 11.2. The lowest BCUT2D eigenvalue weighted by atomic mass is 10.2. The average Bonchev–Trinajstić information content (AvgIpc) is 2.41. The zero-order valence-electron chi connectivity index (χ0n) is 9.95. The van der Waals surface area contributed by atoms with Gasteiger partial charge < -0.3 is 5.11 Å². The van der Waals surface area contributed by atoms with Gasteiger partial charge in [0.15, 0.2) is 0 Å². The molecule has 1 N–H and O–H groups in total. The van der Waals surface area contributed by atoms with Crippen molar-refractivity contribution in [3.8, 4) is 0 Å². The van der Waals surface area contributed by atoms with Crippen LogP contribution in [0, 0.1) is 10.1 Å². The molecule has 0 aliphatic rings. The number of carbonyl (C=O) groups is 1. The molecule has 7 heteroatoms. The molecule has 0 fully saturated rings. The van der Waals surface area contributed by atoms with E-state index in [1.807, 2.05) is 6.07 Å². The van der Waals surface area contributed by atoms with Crippen LogP contribution in [-0.2, 0) is 0 Å². The lowest BCUT2D eigenvalue weighted by molar-refractivity contribution is -0.387. The number of rotatable bonds is 4. The number of nitro benzene ring substituents is 1. The zero-order valence-corrected chi connectivity index (χ0v) is 12.3. The van der Waals surface area contributed by atoms with Crippen LogP contribution in [0.25, 0.3) is 0 Å². The van der Waals surface area contributed by atoms with Crippen molar-refractivity contribution < 1.29 is 14.8 Å². The molecular formula is C13H8BrNO4S. The average molecular weight is 354 g/mol. The molecule has 2 aromatic carbocycles. The summed E-state index contributed by atoms with van der Waals surface area (Å²) in [5, 5.41) is 20.2. The minimum Gasteiger partial charge on any atom is -0.478 e. The molecule has 2 rings (SSSR count). The van der Waals surface area contributed by atoms with Gasteiger partial charge in [0, 0.05) is 15.4 Å². The monoisotopic (exact) mass is 353 g/mol. The van der Waals surface area contributed by atoms with Crippen molar-refractivity contribution >= 4 is 39.3 Å². The molecule has 0 aliphatic heterocycles. The fraction of sp³-hybridized carbons (Fsp3) is 0. The number of hydrogen-bond donors (Lipinski definition) is 1. The van der Waals surface area contributed by atoms with E-state index in [1.54, 1.807) is 18.2 Å². The summed E-state index contributed by atoms with van der Waals surface area (Å²) in [5.74, 6) is -1.19. The second kappa shape index (κ2) is 6.06. The largest absolute Gasteiger partial charge is 0.478 e. The molecular weight excluding hydrogens is 346 g/mol. The first kappa shape index (κ1) is 14.5. The number of hydrogen-bond acceptors (Lipinski definition) is 4. The standard InChI is InChI=1S/C13H8BrNO4S/c14-9-5-1-2-7-11(9)20-12-8(13(16)17)4-3-6-10(12)15(18)19/h1-7H,(H,16,17). The van der Waals surface area contributed by atoms with E-state index >= 15 is 0 Å². The highest BCUT2D eigenvalue weighted by Crippen LogP contribution is 2.40. The van der Waals surface area contributed by atoms with Gasteiger partial charge in [-0.15, -0.1) is 0 Å². The van der Waals surface area contributed by atoms with E-state index in [9.17, 15) is 20.0 Å². The molecule has 0 aromatic heterocycles. The Balaban J connectivity index is 2.57. The van der Waals surface area contributed by atoms with E-state index in [4.69, 9.17) is 0 Å². The first-order valence-corrected chi connectivity index (χ1v) is 7.04. The number of aromatic carboxylic acids is 1. The number of carboxylic acids is 1. The van der Waals surface area contributed by atoms with Crippen LogP contribution in [0.2, 0.25) is 0 Å². The van der Waals surface area contributed by atoms with Gasteiger partial charge in [-0.25, -0.2) is 4.79 Å². The molecule has 0 unspecified atom stereocenters. The maximum absolute atomic E-state index is 11.2. The van der Waals surface area contributed by atoms with Crippen molar-refractivity contribution in [3.05, 3.63) is 62.6 Å². The topological polar surface area (TPSA) is 80.4 Å². The Morgan fingerprint density at radius 2 is 1.90 bits per heavy atom. The number of nitro groups is 1. The molecule has 0 bridgehead atoms. The van der Waals surface area contributed by atoms with E-state index in [0.717, 1.165) is 16.2 Å². The summed E-state index contributed by atoms with van der Waals surface area (Å²) in [5.41, 5.74) is -0.300. The Morgan fingerprint density at radius 3 is 2.50 bits per heavy atom. The van der Waals surface area contributed by atoms with Crippen molar-refractivity contribution in [2.24, 2.45) is 0 Å². The van der Waals surface area contributed by atoms with Gasteiger partial charge in [0.05, 0.1) is 10.5 Å². The van der Waals surface area contributed by atoms with Crippen molar-refractivity contribution in [1.82, 2.24) is 0 Å². The van der Waals surface area contributed by atoms with Crippen LogP contribution in [0.1, 0.15) is 10.4 Å². The SMILES string of the molecule is O=C(O)c1cccc([N+](=O)[O-])c1Sc1ccccc1Br. The van der Waals surface area contributed by atoms with Crippen LogP contribution in [0.15, 0.2) is 56.7 Å². The number of carboxylic acid groups (broad SMARTS) is 1. The maximum Gasteiger partial charge on any atom is 0.337 e. The summed E-state index contributed by atoms with van der Waals surface area (Å²) < 4.78 is 0.750. The molecule has 0 atom stereocenters. The van der Waals surface area contributed by atoms with E-state index in [1.165, 1.54) is 18.2 Å². The Kier molecular flexibility index (Phi) is 4.41. The number of benzene rings is 2. The molecule has 20 heavy (non-hydrogen) atoms. The van der Waals surface area contributed by atoms with Crippen LogP contribution < -0.4 is 0 Å². The molecule has 0 spiro atoms. The van der Waals surface area contributed by atoms with Gasteiger partial charge >= 0.3 is 5.97 Å². The summed E-state index contributed by atoms with van der Waals surface area (Å²) >= 11 is 4.39. The minimum atomic E-state index is -1.19. The molecule has 0 saturated heterocycles. The van der Waals surface area contributed by atoms with Crippen LogP contribution in [-0.4, -0.2) is 16.0 Å². The second-order valence-electron chi connectivity index (χ2n) is 3.75. The highest BCUT2D eigenvalue weighted by molar-refractivity contribution is 9.10. The van der Waals surface area contributed by atoms with Gasteiger partial charge in [0.1, 0.15) is 4.90 Å². The van der Waals surface area contributed by atoms with Crippen LogP contribution in [0.3, 0.4) is 0 Å². The third-order valence-corrected chi connectivity index (χ3v) is 4.63. The van der Waals surface area contributed by atoms with Crippen molar-refractivity contribution in [1.29, 1.82) is 0 Å². The Hall–Kier alpha value is -1.86. The molecule has 0 heterocycles. The summed E-state index contributed by atoms with van der Waals surface area (Å²) in [4.78, 5) is 22.5. The number of nitrogens with zero attached hydrogens (tertiary/aromatic N) is 1. The molecule has 102 valence electrons. The van der Waals surface area contributed by atoms with Gasteiger partial charge in [-0.05, 0) is 34.1 Å². The van der Waals surface area contributed by atoms with Crippen LogP contribution in [0.4, 0.5) is 5.69 Å². The van der Waals surface area contributed by atoms with Gasteiger partial charge in [0.25, 0.3) is 5.69 Å². The lowest BCUT2D eigenvalue weighted by Crippen LogP contribution is -2.02. The quantitative estimate of drug-likeness (QED) is 0.657. The van der Waals surface area contributed by atoms with Crippen LogP contribution >= 0.6 is 27.7 Å². The fourth-order valence-corrected chi connectivity index (χ4v) is 3.15. The third kappa shape index (κ3) is 3.00. The van der Waals surface area contributed by atoms with Gasteiger partial charge in [-0.1, -0.05) is 30.0 Å². The first-order valence-electron chi connectivity index (χ1n) is 5.44. The van der Waals surface area contributed by atoms with E-state index < -0.39 is 10.9 Å². The fourth-order valence-electron chi connectivity index (χ4n) is 1.58. The summed E-state index contributed by atoms with van der Waals surface area (Å²) in [6.07, 6.45) is 0. The van der Waals surface area contributed by atoms with Crippen LogP contribution in [0.5, 0.6) is 0 Å². The predicted octanol–water partition coefficient (Wildman–Crippen LogP) is 4.21. The van der Waals surface area contributed by atoms with E-state index in [-0.39, 0.29) is 16.1 Å². The third-order valence-electron chi connectivity index (χ3n) is 2.47. The minimum absolute atomic E-state index is 0.0834. The second-order valence-corrected chi connectivity index (χ2v) is 5.66. The highest BCUT2D eigenvalue weighted by atomic mass is 79.9. The van der Waals surface area contributed by atoms with E-state index in [2.05, 4.69) is 15.9 Å². The summed E-state index contributed by atoms with van der Waals surface area (Å²) in [7, 11) is 0. The Labute approximate surface area is 126 Å². The normalized spacial score (nSPS) is 10.2. The number of halogens is 1. The summed E-state index contributed by atoms with van der Waals surface area (Å²) in [6, 6.07) is 11.2. The molecule has 0 amide bonds. The smallest absolute Gasteiger partial charge is 0.337 e. The molecule has 0 aliphatic carbocycles. The van der Waals surface area contributed by atoms with Crippen molar-refractivity contribution in [3.63, 3.8) is 0 Å². The molecule has 0 radical (unpaired) electrons. The van der Waals surface area contributed by atoms with E-state index in [0.29, 0.717) is 4.90 Å². The summed E-state index contributed by atoms with van der Waals surface area (Å²) in [6.45, 7) is 0. The van der Waals surface area contributed by atoms with Gasteiger partial charge in [-0.3, -0.25) is 10.1 Å². The molecule has 5 nitrogen and oxygen atoms in total. The lowest BCUT2D eigenvalue weighted by Gasteiger charge is -2.08. The molecule has 2 aromatic rings. The highest BCUT2D eigenvalue weighted by Gasteiger charge is 2.22.